The molecule has 2 atom stereocenters. The molecule has 6 nitrogen and oxygen atoms in total. The van der Waals surface area contributed by atoms with E-state index in [1.807, 2.05) is 0 Å². The Kier molecular flexibility index (Phi) is 3.87. The predicted octanol–water partition coefficient (Wildman–Crippen LogP) is -0.413. The zero-order valence-electron chi connectivity index (χ0n) is 9.40. The third kappa shape index (κ3) is 2.50. The molecule has 1 rings (SSSR count). The molecule has 16 heavy (non-hydrogen) atoms. The topological polar surface area (TPSA) is 86.7 Å². The number of aliphatic carboxylic acids is 1. The number of hydrogen-bond donors (Lipinski definition) is 2. The molecule has 2 N–H and O–H groups in total. The lowest BCUT2D eigenvalue weighted by Gasteiger charge is -2.26. The molecule has 1 aliphatic heterocycles. The molecule has 0 aromatic heterocycles. The van der Waals surface area contributed by atoms with Gasteiger partial charge in [-0.2, -0.15) is 0 Å². The number of rotatable bonds is 4. The van der Waals surface area contributed by atoms with Crippen molar-refractivity contribution in [2.45, 2.75) is 38.3 Å². The van der Waals surface area contributed by atoms with Gasteiger partial charge in [-0.05, 0) is 12.8 Å². The van der Waals surface area contributed by atoms with Crippen LogP contribution in [0, 0.1) is 0 Å². The second-order valence-electron chi connectivity index (χ2n) is 3.87. The SMILES string of the molecule is CCC(C(=O)O)N(C)C(=O)[C@@H]1CCC(=O)N1. The lowest BCUT2D eigenvalue weighted by atomic mass is 10.1. The average Bonchev–Trinajstić information content (AvgIpc) is 2.64. The van der Waals surface area contributed by atoms with Gasteiger partial charge in [0.05, 0.1) is 0 Å². The van der Waals surface area contributed by atoms with Gasteiger partial charge in [0.1, 0.15) is 12.1 Å². The second kappa shape index (κ2) is 4.96. The first kappa shape index (κ1) is 12.5. The van der Waals surface area contributed by atoms with Gasteiger partial charge in [0, 0.05) is 13.5 Å². The molecule has 6 heteroatoms. The Hall–Kier alpha value is -1.59. The minimum atomic E-state index is -1.03. The van der Waals surface area contributed by atoms with Crippen LogP contribution in [0.25, 0.3) is 0 Å². The van der Waals surface area contributed by atoms with E-state index in [9.17, 15) is 14.4 Å². The summed E-state index contributed by atoms with van der Waals surface area (Å²) in [5.41, 5.74) is 0. The maximum atomic E-state index is 11.8. The fourth-order valence-corrected chi connectivity index (χ4v) is 1.81. The van der Waals surface area contributed by atoms with Crippen molar-refractivity contribution in [2.75, 3.05) is 7.05 Å². The van der Waals surface area contributed by atoms with Gasteiger partial charge in [0.2, 0.25) is 11.8 Å². The molecule has 1 unspecified atom stereocenters. The van der Waals surface area contributed by atoms with E-state index in [1.54, 1.807) is 6.92 Å². The molecule has 0 saturated carbocycles. The maximum Gasteiger partial charge on any atom is 0.326 e. The van der Waals surface area contributed by atoms with E-state index in [2.05, 4.69) is 5.32 Å². The fourth-order valence-electron chi connectivity index (χ4n) is 1.81. The summed E-state index contributed by atoms with van der Waals surface area (Å²) in [5.74, 6) is -1.52. The van der Waals surface area contributed by atoms with Gasteiger partial charge in [-0.25, -0.2) is 4.79 Å². The zero-order chi connectivity index (χ0) is 12.3. The van der Waals surface area contributed by atoms with Gasteiger partial charge < -0.3 is 15.3 Å². The number of nitrogens with zero attached hydrogens (tertiary/aromatic N) is 1. The normalized spacial score (nSPS) is 21.4. The molecule has 0 spiro atoms. The first-order valence-corrected chi connectivity index (χ1v) is 5.26. The third-order valence-corrected chi connectivity index (χ3v) is 2.78. The van der Waals surface area contributed by atoms with Crippen LogP contribution < -0.4 is 5.32 Å². The van der Waals surface area contributed by atoms with Crippen LogP contribution in [0.3, 0.4) is 0 Å². The minimum absolute atomic E-state index is 0.157. The zero-order valence-corrected chi connectivity index (χ0v) is 9.40. The van der Waals surface area contributed by atoms with Crippen molar-refractivity contribution >= 4 is 17.8 Å². The standard InChI is InChI=1S/C10H16N2O4/c1-3-7(10(15)16)12(2)9(14)6-4-5-8(13)11-6/h6-7H,3-5H2,1-2H3,(H,11,13)(H,15,16)/t6-,7?/m0/s1. The van der Waals surface area contributed by atoms with Crippen LogP contribution in [-0.2, 0) is 14.4 Å². The van der Waals surface area contributed by atoms with Crippen LogP contribution in [0.2, 0.25) is 0 Å². The average molecular weight is 228 g/mol. The van der Waals surface area contributed by atoms with Gasteiger partial charge in [0.15, 0.2) is 0 Å². The Labute approximate surface area is 93.6 Å². The van der Waals surface area contributed by atoms with E-state index < -0.39 is 18.1 Å². The highest BCUT2D eigenvalue weighted by atomic mass is 16.4. The summed E-state index contributed by atoms with van der Waals surface area (Å²) in [6, 6.07) is -1.39. The molecule has 1 saturated heterocycles. The molecular weight excluding hydrogens is 212 g/mol. The summed E-state index contributed by atoms with van der Waals surface area (Å²) in [6.07, 6.45) is 1.12. The summed E-state index contributed by atoms with van der Waals surface area (Å²) in [4.78, 5) is 34.9. The first-order chi connectivity index (χ1) is 7.47. The Morgan fingerprint density at radius 3 is 2.62 bits per heavy atom. The van der Waals surface area contributed by atoms with Gasteiger partial charge in [-0.3, -0.25) is 9.59 Å². The van der Waals surface area contributed by atoms with Crippen LogP contribution in [0.5, 0.6) is 0 Å². The van der Waals surface area contributed by atoms with Crippen molar-refractivity contribution in [1.82, 2.24) is 10.2 Å². The van der Waals surface area contributed by atoms with E-state index >= 15 is 0 Å². The molecule has 0 bridgehead atoms. The van der Waals surface area contributed by atoms with Crippen LogP contribution in [0.1, 0.15) is 26.2 Å². The number of carbonyl (C=O) groups excluding carboxylic acids is 2. The second-order valence-corrected chi connectivity index (χ2v) is 3.87. The van der Waals surface area contributed by atoms with Gasteiger partial charge >= 0.3 is 5.97 Å². The summed E-state index contributed by atoms with van der Waals surface area (Å²) < 4.78 is 0. The van der Waals surface area contributed by atoms with Gasteiger partial charge in [0.25, 0.3) is 0 Å². The highest BCUT2D eigenvalue weighted by Gasteiger charge is 2.33. The molecule has 0 aromatic rings. The number of carbonyl (C=O) groups is 3. The number of likely N-dealkylation sites (N-methyl/N-ethyl adjacent to an activating group) is 1. The quantitative estimate of drug-likeness (QED) is 0.684. The molecule has 0 radical (unpaired) electrons. The summed E-state index contributed by atoms with van der Waals surface area (Å²) >= 11 is 0. The van der Waals surface area contributed by atoms with Crippen molar-refractivity contribution in [3.63, 3.8) is 0 Å². The largest absolute Gasteiger partial charge is 0.480 e. The first-order valence-electron chi connectivity index (χ1n) is 5.26. The lowest BCUT2D eigenvalue weighted by molar-refractivity contribution is -0.149. The van der Waals surface area contributed by atoms with E-state index in [0.29, 0.717) is 19.3 Å². The Morgan fingerprint density at radius 1 is 1.62 bits per heavy atom. The number of nitrogens with one attached hydrogen (secondary N) is 1. The number of carboxylic acid groups (broad SMARTS) is 1. The van der Waals surface area contributed by atoms with Crippen molar-refractivity contribution < 1.29 is 19.5 Å². The molecule has 2 amide bonds. The van der Waals surface area contributed by atoms with E-state index in [4.69, 9.17) is 5.11 Å². The lowest BCUT2D eigenvalue weighted by Crippen LogP contribution is -2.49. The van der Waals surface area contributed by atoms with Gasteiger partial charge in [-0.15, -0.1) is 0 Å². The molecule has 90 valence electrons. The van der Waals surface area contributed by atoms with Crippen molar-refractivity contribution in [2.24, 2.45) is 0 Å². The minimum Gasteiger partial charge on any atom is -0.480 e. The molecule has 1 fully saturated rings. The Morgan fingerprint density at radius 2 is 2.25 bits per heavy atom. The molecule has 1 heterocycles. The molecular formula is C10H16N2O4. The number of carboxylic acids is 1. The van der Waals surface area contributed by atoms with Crippen molar-refractivity contribution in [3.05, 3.63) is 0 Å². The van der Waals surface area contributed by atoms with Crippen molar-refractivity contribution in [1.29, 1.82) is 0 Å². The summed E-state index contributed by atoms with van der Waals surface area (Å²) in [7, 11) is 1.45. The van der Waals surface area contributed by atoms with Gasteiger partial charge in [-0.1, -0.05) is 6.92 Å². The van der Waals surface area contributed by atoms with Crippen molar-refractivity contribution in [3.8, 4) is 0 Å². The smallest absolute Gasteiger partial charge is 0.326 e. The van der Waals surface area contributed by atoms with Crippen LogP contribution in [0.4, 0.5) is 0 Å². The molecule has 1 aliphatic rings. The number of hydrogen-bond acceptors (Lipinski definition) is 3. The van der Waals surface area contributed by atoms with E-state index in [0.717, 1.165) is 0 Å². The number of amides is 2. The fraction of sp³-hybridized carbons (Fsp3) is 0.700. The maximum absolute atomic E-state index is 11.8. The summed E-state index contributed by atoms with van der Waals surface area (Å²) in [5, 5.41) is 11.4. The Bertz CT molecular complexity index is 316. The third-order valence-electron chi connectivity index (χ3n) is 2.78. The highest BCUT2D eigenvalue weighted by Crippen LogP contribution is 2.12. The highest BCUT2D eigenvalue weighted by molar-refractivity contribution is 5.92. The van der Waals surface area contributed by atoms with Crippen LogP contribution >= 0.6 is 0 Å². The summed E-state index contributed by atoms with van der Waals surface area (Å²) in [6.45, 7) is 1.70. The Balaban J connectivity index is 2.65. The monoisotopic (exact) mass is 228 g/mol. The van der Waals surface area contributed by atoms with E-state index in [-0.39, 0.29) is 11.8 Å². The molecule has 0 aliphatic carbocycles. The van der Waals surface area contributed by atoms with E-state index in [1.165, 1.54) is 11.9 Å². The molecule has 0 aromatic carbocycles. The van der Waals surface area contributed by atoms with Crippen LogP contribution in [0.15, 0.2) is 0 Å². The predicted molar refractivity (Wildman–Crippen MR) is 55.6 cm³/mol. The van der Waals surface area contributed by atoms with Crippen LogP contribution in [-0.4, -0.2) is 46.9 Å².